The van der Waals surface area contributed by atoms with Crippen molar-refractivity contribution in [2.75, 3.05) is 7.11 Å². The Morgan fingerprint density at radius 1 is 1.26 bits per heavy atom. The van der Waals surface area contributed by atoms with E-state index in [0.717, 1.165) is 41.2 Å². The number of hydrogen-bond acceptors (Lipinski definition) is 3. The van der Waals surface area contributed by atoms with Crippen molar-refractivity contribution in [2.24, 2.45) is 0 Å². The fourth-order valence-corrected chi connectivity index (χ4v) is 2.19. The van der Waals surface area contributed by atoms with E-state index in [0.29, 0.717) is 4.64 Å². The molecular weight excluding hydrogens is 256 g/mol. The van der Waals surface area contributed by atoms with Crippen LogP contribution < -0.4 is 4.74 Å². The number of nitrogens with zero attached hydrogens (tertiary/aromatic N) is 1. The smallest absolute Gasteiger partial charge is 0.133 e. The van der Waals surface area contributed by atoms with Gasteiger partial charge >= 0.3 is 0 Å². The molecule has 0 saturated heterocycles. The van der Waals surface area contributed by atoms with Crippen LogP contribution in [0.4, 0.5) is 0 Å². The van der Waals surface area contributed by atoms with Gasteiger partial charge in [-0.25, -0.2) is 4.98 Å². The summed E-state index contributed by atoms with van der Waals surface area (Å²) in [7, 11) is 1.67. The predicted molar refractivity (Wildman–Crippen MR) is 80.1 cm³/mol. The lowest BCUT2D eigenvalue weighted by molar-refractivity contribution is 0.415. The lowest BCUT2D eigenvalue weighted by Crippen LogP contribution is -2.00. The summed E-state index contributed by atoms with van der Waals surface area (Å²) < 4.78 is 5.85. The molecular formula is C15H18N2OS. The SMILES string of the molecule is CCCc1nc(=S)c(C)c(-c2ccc(OC)cc2)[nH]1. The topological polar surface area (TPSA) is 37.9 Å². The van der Waals surface area contributed by atoms with Gasteiger partial charge in [0.2, 0.25) is 0 Å². The molecule has 0 aliphatic carbocycles. The Kier molecular flexibility index (Phi) is 4.32. The Bertz CT molecular complexity index is 617. The first-order valence-corrected chi connectivity index (χ1v) is 6.80. The van der Waals surface area contributed by atoms with Crippen molar-refractivity contribution >= 4 is 12.2 Å². The monoisotopic (exact) mass is 274 g/mol. The minimum absolute atomic E-state index is 0.674. The van der Waals surface area contributed by atoms with E-state index in [4.69, 9.17) is 17.0 Å². The van der Waals surface area contributed by atoms with E-state index >= 15 is 0 Å². The van der Waals surface area contributed by atoms with Gasteiger partial charge in [0.15, 0.2) is 0 Å². The summed E-state index contributed by atoms with van der Waals surface area (Å²) in [6, 6.07) is 7.96. The standard InChI is InChI=1S/C15H18N2OS/c1-4-5-13-16-14(10(2)15(19)17-13)11-6-8-12(18-3)9-7-11/h6-9H,4-5H2,1-3H3,(H,16,17,19). The molecule has 2 rings (SSSR count). The third-order valence-corrected chi connectivity index (χ3v) is 3.46. The quantitative estimate of drug-likeness (QED) is 0.854. The van der Waals surface area contributed by atoms with Crippen molar-refractivity contribution in [1.29, 1.82) is 0 Å². The highest BCUT2D eigenvalue weighted by Gasteiger charge is 2.07. The molecule has 100 valence electrons. The van der Waals surface area contributed by atoms with Gasteiger partial charge in [-0.2, -0.15) is 0 Å². The molecule has 2 aromatic rings. The summed E-state index contributed by atoms with van der Waals surface area (Å²) in [4.78, 5) is 7.81. The third-order valence-electron chi connectivity index (χ3n) is 3.07. The number of aromatic amines is 1. The molecule has 1 aromatic carbocycles. The summed E-state index contributed by atoms with van der Waals surface area (Å²) in [5, 5.41) is 0. The van der Waals surface area contributed by atoms with E-state index in [2.05, 4.69) is 16.9 Å². The first-order chi connectivity index (χ1) is 9.15. The Morgan fingerprint density at radius 2 is 1.95 bits per heavy atom. The van der Waals surface area contributed by atoms with Crippen LogP contribution in [0.3, 0.4) is 0 Å². The van der Waals surface area contributed by atoms with Crippen LogP contribution in [0.15, 0.2) is 24.3 Å². The van der Waals surface area contributed by atoms with Crippen LogP contribution in [0.2, 0.25) is 0 Å². The normalized spacial score (nSPS) is 10.5. The number of ether oxygens (including phenoxy) is 1. The van der Waals surface area contributed by atoms with E-state index in [1.807, 2.05) is 31.2 Å². The molecule has 0 aliphatic heterocycles. The number of rotatable bonds is 4. The maximum atomic E-state index is 5.34. The van der Waals surface area contributed by atoms with Gasteiger partial charge in [-0.05, 0) is 43.2 Å². The van der Waals surface area contributed by atoms with Crippen LogP contribution >= 0.6 is 12.2 Å². The van der Waals surface area contributed by atoms with Gasteiger partial charge in [0, 0.05) is 12.0 Å². The zero-order chi connectivity index (χ0) is 13.8. The second kappa shape index (κ2) is 5.97. The van der Waals surface area contributed by atoms with E-state index in [1.54, 1.807) is 7.11 Å². The van der Waals surface area contributed by atoms with Crippen LogP contribution in [0.25, 0.3) is 11.3 Å². The molecule has 0 radical (unpaired) electrons. The first-order valence-electron chi connectivity index (χ1n) is 6.40. The van der Waals surface area contributed by atoms with E-state index < -0.39 is 0 Å². The highest BCUT2D eigenvalue weighted by Crippen LogP contribution is 2.24. The highest BCUT2D eigenvalue weighted by molar-refractivity contribution is 7.71. The molecule has 0 bridgehead atoms. The second-order valence-corrected chi connectivity index (χ2v) is 4.85. The van der Waals surface area contributed by atoms with Gasteiger partial charge in [0.1, 0.15) is 16.2 Å². The lowest BCUT2D eigenvalue weighted by Gasteiger charge is -2.10. The molecule has 3 nitrogen and oxygen atoms in total. The average Bonchev–Trinajstić information content (AvgIpc) is 2.43. The zero-order valence-electron chi connectivity index (χ0n) is 11.5. The maximum Gasteiger partial charge on any atom is 0.133 e. The van der Waals surface area contributed by atoms with Crippen LogP contribution in [0, 0.1) is 11.6 Å². The number of aromatic nitrogens is 2. The van der Waals surface area contributed by atoms with Crippen molar-refractivity contribution < 1.29 is 4.74 Å². The zero-order valence-corrected chi connectivity index (χ0v) is 12.3. The summed E-state index contributed by atoms with van der Waals surface area (Å²) >= 11 is 5.34. The summed E-state index contributed by atoms with van der Waals surface area (Å²) in [6.07, 6.45) is 1.95. The van der Waals surface area contributed by atoms with Gasteiger partial charge in [-0.1, -0.05) is 19.1 Å². The summed E-state index contributed by atoms with van der Waals surface area (Å²) in [6.45, 7) is 4.13. The number of aryl methyl sites for hydroxylation is 1. The van der Waals surface area contributed by atoms with Crippen molar-refractivity contribution in [3.05, 3.63) is 40.3 Å². The Morgan fingerprint density at radius 3 is 2.53 bits per heavy atom. The molecule has 0 aliphatic rings. The molecule has 0 unspecified atom stereocenters. The molecule has 0 fully saturated rings. The van der Waals surface area contributed by atoms with Crippen molar-refractivity contribution in [3.8, 4) is 17.0 Å². The fraction of sp³-hybridized carbons (Fsp3) is 0.333. The molecule has 19 heavy (non-hydrogen) atoms. The van der Waals surface area contributed by atoms with Crippen LogP contribution in [-0.4, -0.2) is 17.1 Å². The van der Waals surface area contributed by atoms with Gasteiger partial charge < -0.3 is 9.72 Å². The van der Waals surface area contributed by atoms with Gasteiger partial charge in [-0.15, -0.1) is 0 Å². The number of nitrogens with one attached hydrogen (secondary N) is 1. The molecule has 0 atom stereocenters. The summed E-state index contributed by atoms with van der Waals surface area (Å²) in [5.41, 5.74) is 3.16. The number of methoxy groups -OCH3 is 1. The minimum Gasteiger partial charge on any atom is -0.497 e. The Balaban J connectivity index is 2.50. The fourth-order valence-electron chi connectivity index (χ4n) is 1.98. The Labute approximate surface area is 118 Å². The van der Waals surface area contributed by atoms with Crippen LogP contribution in [0.1, 0.15) is 24.7 Å². The van der Waals surface area contributed by atoms with Gasteiger partial charge in [0.05, 0.1) is 12.8 Å². The van der Waals surface area contributed by atoms with Gasteiger partial charge in [-0.3, -0.25) is 0 Å². The number of benzene rings is 1. The predicted octanol–water partition coefficient (Wildman–Crippen LogP) is 4.08. The molecule has 4 heteroatoms. The molecule has 0 amide bonds. The average molecular weight is 274 g/mol. The number of H-pyrrole nitrogens is 1. The first kappa shape index (κ1) is 13.7. The molecule has 0 spiro atoms. The van der Waals surface area contributed by atoms with E-state index in [9.17, 15) is 0 Å². The largest absolute Gasteiger partial charge is 0.497 e. The van der Waals surface area contributed by atoms with Crippen LogP contribution in [0.5, 0.6) is 5.75 Å². The highest BCUT2D eigenvalue weighted by atomic mass is 32.1. The van der Waals surface area contributed by atoms with Crippen LogP contribution in [-0.2, 0) is 6.42 Å². The lowest BCUT2D eigenvalue weighted by atomic mass is 10.1. The van der Waals surface area contributed by atoms with Crippen molar-refractivity contribution in [1.82, 2.24) is 9.97 Å². The molecule has 1 heterocycles. The molecule has 0 saturated carbocycles. The van der Waals surface area contributed by atoms with Gasteiger partial charge in [0.25, 0.3) is 0 Å². The number of hydrogen-bond donors (Lipinski definition) is 1. The maximum absolute atomic E-state index is 5.34. The van der Waals surface area contributed by atoms with E-state index in [-0.39, 0.29) is 0 Å². The summed E-state index contributed by atoms with van der Waals surface area (Å²) in [5.74, 6) is 1.80. The molecule has 1 N–H and O–H groups in total. The Hall–Kier alpha value is -1.68. The molecule has 1 aromatic heterocycles. The van der Waals surface area contributed by atoms with E-state index in [1.165, 1.54) is 0 Å². The minimum atomic E-state index is 0.674. The second-order valence-electron chi connectivity index (χ2n) is 4.47. The van der Waals surface area contributed by atoms with Crippen molar-refractivity contribution in [2.45, 2.75) is 26.7 Å². The van der Waals surface area contributed by atoms with Crippen molar-refractivity contribution in [3.63, 3.8) is 0 Å². The third kappa shape index (κ3) is 3.01.